The number of phenolic OH excluding ortho intramolecular Hbond substituents is 1. The van der Waals surface area contributed by atoms with Gasteiger partial charge in [-0.1, -0.05) is 12.1 Å². The van der Waals surface area contributed by atoms with Crippen LogP contribution in [0.1, 0.15) is 0 Å². The molecule has 0 bridgehead atoms. The molecule has 0 aliphatic heterocycles. The summed E-state index contributed by atoms with van der Waals surface area (Å²) in [5.41, 5.74) is 4.16. The molecule has 0 aliphatic rings. The second-order valence-electron chi connectivity index (χ2n) is 5.28. The number of imidazole rings is 1. The van der Waals surface area contributed by atoms with Gasteiger partial charge in [0.25, 0.3) is 0 Å². The number of hydrogen-bond acceptors (Lipinski definition) is 5. The van der Waals surface area contributed by atoms with E-state index >= 15 is 0 Å². The van der Waals surface area contributed by atoms with E-state index in [1.54, 1.807) is 50.0 Å². The van der Waals surface area contributed by atoms with Gasteiger partial charge in [0.1, 0.15) is 5.75 Å². The second-order valence-corrected chi connectivity index (χ2v) is 5.28. The lowest BCUT2D eigenvalue weighted by Crippen LogP contribution is -1.94. The van der Waals surface area contributed by atoms with Crippen molar-refractivity contribution in [3.8, 4) is 34.1 Å². The highest BCUT2D eigenvalue weighted by Gasteiger charge is 2.09. The van der Waals surface area contributed by atoms with Crippen LogP contribution in [0.3, 0.4) is 0 Å². The predicted molar refractivity (Wildman–Crippen MR) is 89.9 cm³/mol. The molecule has 3 aromatic heterocycles. The van der Waals surface area contributed by atoms with Gasteiger partial charge in [0.15, 0.2) is 5.65 Å². The van der Waals surface area contributed by atoms with E-state index in [-0.39, 0.29) is 5.75 Å². The number of aromatic nitrogens is 4. The van der Waals surface area contributed by atoms with Gasteiger partial charge in [0.05, 0.1) is 30.9 Å². The molecule has 24 heavy (non-hydrogen) atoms. The van der Waals surface area contributed by atoms with Crippen LogP contribution in [-0.4, -0.2) is 31.6 Å². The van der Waals surface area contributed by atoms with E-state index < -0.39 is 0 Å². The standard InChI is InChI=1S/C18H14N4O2/c1-24-18-6-5-13(8-21-18)15-11-22-16(9-20-17(22)10-19-15)12-3-2-4-14(23)7-12/h2-11,23H,1H3. The molecule has 0 saturated carbocycles. The first-order valence-corrected chi connectivity index (χ1v) is 7.37. The third-order valence-corrected chi connectivity index (χ3v) is 3.78. The molecule has 6 nitrogen and oxygen atoms in total. The van der Waals surface area contributed by atoms with Crippen molar-refractivity contribution in [1.29, 1.82) is 0 Å². The van der Waals surface area contributed by atoms with Gasteiger partial charge in [-0.15, -0.1) is 0 Å². The minimum absolute atomic E-state index is 0.219. The maximum absolute atomic E-state index is 9.70. The molecule has 4 aromatic rings. The SMILES string of the molecule is COc1ccc(-c2cn3c(-c4cccc(O)c4)cnc3cn2)cn1. The number of phenols is 1. The maximum atomic E-state index is 9.70. The lowest BCUT2D eigenvalue weighted by molar-refractivity contribution is 0.398. The Bertz CT molecular complexity index is 1010. The fourth-order valence-corrected chi connectivity index (χ4v) is 2.57. The number of hydrogen-bond donors (Lipinski definition) is 1. The van der Waals surface area contributed by atoms with Crippen LogP contribution in [0, 0.1) is 0 Å². The van der Waals surface area contributed by atoms with Crippen LogP contribution in [0.2, 0.25) is 0 Å². The number of pyridine rings is 1. The third kappa shape index (κ3) is 2.44. The zero-order valence-corrected chi connectivity index (χ0v) is 12.9. The van der Waals surface area contributed by atoms with E-state index in [0.29, 0.717) is 5.88 Å². The Morgan fingerprint density at radius 2 is 1.88 bits per heavy atom. The lowest BCUT2D eigenvalue weighted by Gasteiger charge is -2.06. The molecule has 0 unspecified atom stereocenters. The van der Waals surface area contributed by atoms with E-state index in [9.17, 15) is 5.11 Å². The maximum Gasteiger partial charge on any atom is 0.212 e. The monoisotopic (exact) mass is 318 g/mol. The first kappa shape index (κ1) is 14.2. The minimum atomic E-state index is 0.219. The summed E-state index contributed by atoms with van der Waals surface area (Å²) < 4.78 is 7.03. The van der Waals surface area contributed by atoms with Gasteiger partial charge in [-0.3, -0.25) is 9.38 Å². The highest BCUT2D eigenvalue weighted by atomic mass is 16.5. The second kappa shape index (κ2) is 5.66. The topological polar surface area (TPSA) is 72.5 Å². The first-order valence-electron chi connectivity index (χ1n) is 7.37. The Morgan fingerprint density at radius 1 is 0.958 bits per heavy atom. The van der Waals surface area contributed by atoms with Gasteiger partial charge in [-0.05, 0) is 18.2 Å². The van der Waals surface area contributed by atoms with Gasteiger partial charge < -0.3 is 9.84 Å². The van der Waals surface area contributed by atoms with Crippen molar-refractivity contribution in [1.82, 2.24) is 19.4 Å². The van der Waals surface area contributed by atoms with Crippen LogP contribution in [0.25, 0.3) is 28.2 Å². The van der Waals surface area contributed by atoms with E-state index in [1.165, 1.54) is 0 Å². The largest absolute Gasteiger partial charge is 0.508 e. The number of rotatable bonds is 3. The summed E-state index contributed by atoms with van der Waals surface area (Å²) in [4.78, 5) is 13.0. The summed E-state index contributed by atoms with van der Waals surface area (Å²) in [6, 6.07) is 10.8. The number of benzene rings is 1. The molecule has 0 aliphatic carbocycles. The minimum Gasteiger partial charge on any atom is -0.508 e. The summed E-state index contributed by atoms with van der Waals surface area (Å²) in [5, 5.41) is 9.70. The molecule has 0 amide bonds. The van der Waals surface area contributed by atoms with Gasteiger partial charge >= 0.3 is 0 Å². The molecule has 1 N–H and O–H groups in total. The summed E-state index contributed by atoms with van der Waals surface area (Å²) in [7, 11) is 1.58. The number of nitrogens with zero attached hydrogens (tertiary/aromatic N) is 4. The number of methoxy groups -OCH3 is 1. The third-order valence-electron chi connectivity index (χ3n) is 3.78. The summed E-state index contributed by atoms with van der Waals surface area (Å²) in [6.07, 6.45) is 7.11. The van der Waals surface area contributed by atoms with Crippen molar-refractivity contribution in [3.05, 3.63) is 61.2 Å². The van der Waals surface area contributed by atoms with Gasteiger partial charge in [-0.2, -0.15) is 0 Å². The Kier molecular flexibility index (Phi) is 3.35. The van der Waals surface area contributed by atoms with Crippen LogP contribution in [0.4, 0.5) is 0 Å². The number of fused-ring (bicyclic) bond motifs is 1. The summed E-state index contributed by atoms with van der Waals surface area (Å²) in [6.45, 7) is 0. The van der Waals surface area contributed by atoms with Crippen LogP contribution in [0.15, 0.2) is 61.2 Å². The first-order chi connectivity index (χ1) is 11.7. The van der Waals surface area contributed by atoms with Crippen molar-refractivity contribution in [2.24, 2.45) is 0 Å². The lowest BCUT2D eigenvalue weighted by atomic mass is 10.1. The molecule has 6 heteroatoms. The predicted octanol–water partition coefficient (Wildman–Crippen LogP) is 3.17. The molecule has 0 radical (unpaired) electrons. The van der Waals surface area contributed by atoms with Crippen LogP contribution < -0.4 is 4.74 Å². The summed E-state index contributed by atoms with van der Waals surface area (Å²) >= 11 is 0. The molecule has 1 aromatic carbocycles. The average molecular weight is 318 g/mol. The molecule has 4 rings (SSSR count). The molecule has 0 spiro atoms. The van der Waals surface area contributed by atoms with E-state index in [4.69, 9.17) is 4.74 Å². The molecule has 0 fully saturated rings. The normalized spacial score (nSPS) is 10.9. The molecular weight excluding hydrogens is 304 g/mol. The van der Waals surface area contributed by atoms with E-state index in [2.05, 4.69) is 15.0 Å². The number of aromatic hydroxyl groups is 1. The molecule has 118 valence electrons. The van der Waals surface area contributed by atoms with Crippen molar-refractivity contribution in [2.45, 2.75) is 0 Å². The summed E-state index contributed by atoms with van der Waals surface area (Å²) in [5.74, 6) is 0.777. The quantitative estimate of drug-likeness (QED) is 0.628. The van der Waals surface area contributed by atoms with Gasteiger partial charge in [-0.25, -0.2) is 9.97 Å². The van der Waals surface area contributed by atoms with Crippen molar-refractivity contribution < 1.29 is 9.84 Å². The molecule has 3 heterocycles. The highest BCUT2D eigenvalue weighted by molar-refractivity contribution is 5.67. The molecular formula is C18H14N4O2. The highest BCUT2D eigenvalue weighted by Crippen LogP contribution is 2.26. The smallest absolute Gasteiger partial charge is 0.212 e. The fourth-order valence-electron chi connectivity index (χ4n) is 2.57. The van der Waals surface area contributed by atoms with E-state index in [0.717, 1.165) is 28.2 Å². The Balaban J connectivity index is 1.83. The Morgan fingerprint density at radius 3 is 2.62 bits per heavy atom. The van der Waals surface area contributed by atoms with Crippen molar-refractivity contribution in [3.63, 3.8) is 0 Å². The van der Waals surface area contributed by atoms with Crippen LogP contribution >= 0.6 is 0 Å². The average Bonchev–Trinajstić information content (AvgIpc) is 3.05. The Hall–Kier alpha value is -3.41. The van der Waals surface area contributed by atoms with Gasteiger partial charge in [0, 0.05) is 29.6 Å². The van der Waals surface area contributed by atoms with Crippen LogP contribution in [0.5, 0.6) is 11.6 Å². The van der Waals surface area contributed by atoms with E-state index in [1.807, 2.05) is 22.7 Å². The number of ether oxygens (including phenoxy) is 1. The van der Waals surface area contributed by atoms with Crippen molar-refractivity contribution in [2.75, 3.05) is 7.11 Å². The fraction of sp³-hybridized carbons (Fsp3) is 0.0556. The van der Waals surface area contributed by atoms with Gasteiger partial charge in [0.2, 0.25) is 5.88 Å². The molecule has 0 saturated heterocycles. The molecule has 0 atom stereocenters. The zero-order chi connectivity index (χ0) is 16.5. The zero-order valence-electron chi connectivity index (χ0n) is 12.9. The Labute approximate surface area is 138 Å². The van der Waals surface area contributed by atoms with Crippen molar-refractivity contribution >= 4 is 5.65 Å². The van der Waals surface area contributed by atoms with Crippen LogP contribution in [-0.2, 0) is 0 Å².